The van der Waals surface area contributed by atoms with Gasteiger partial charge in [0.15, 0.2) is 0 Å². The highest BCUT2D eigenvalue weighted by atomic mass is 19.3. The minimum atomic E-state index is -2.27. The Kier molecular flexibility index (Phi) is 5.75. The van der Waals surface area contributed by atoms with Crippen molar-refractivity contribution in [3.63, 3.8) is 0 Å². The number of piperidine rings is 1. The van der Waals surface area contributed by atoms with E-state index in [9.17, 15) is 8.78 Å². The topological polar surface area (TPSA) is 50.3 Å². The first-order valence-corrected chi connectivity index (χ1v) is 8.38. The Bertz CT molecular complexity index is 673. The number of anilines is 1. The highest BCUT2D eigenvalue weighted by Gasteiger charge is 2.21. The van der Waals surface area contributed by atoms with Crippen molar-refractivity contribution < 1.29 is 13.5 Å². The summed E-state index contributed by atoms with van der Waals surface area (Å²) in [4.78, 5) is 10.6. The third-order valence-corrected chi connectivity index (χ3v) is 4.36. The largest absolute Gasteiger partial charge is 0.497 e. The maximum atomic E-state index is 12.4. The quantitative estimate of drug-likeness (QED) is 0.868. The molecule has 2 aromatic rings. The predicted octanol–water partition coefficient (Wildman–Crippen LogP) is 3.29. The van der Waals surface area contributed by atoms with E-state index >= 15 is 0 Å². The van der Waals surface area contributed by atoms with Crippen LogP contribution in [0.25, 0.3) is 11.3 Å². The molecule has 1 N–H and O–H groups in total. The smallest absolute Gasteiger partial charge is 0.251 e. The first-order valence-electron chi connectivity index (χ1n) is 8.38. The SMILES string of the molecule is COc1ccc(-c2ccnc(NC3CCN(CC(F)F)CC3)n2)cc1. The van der Waals surface area contributed by atoms with Crippen LogP contribution in [0, 0.1) is 0 Å². The molecule has 0 unspecified atom stereocenters. The van der Waals surface area contributed by atoms with Crippen LogP contribution in [0.2, 0.25) is 0 Å². The summed E-state index contributed by atoms with van der Waals surface area (Å²) in [6.07, 6.45) is 1.07. The molecular weight excluding hydrogens is 326 g/mol. The molecule has 1 aliphatic rings. The summed E-state index contributed by atoms with van der Waals surface area (Å²) in [7, 11) is 1.63. The lowest BCUT2D eigenvalue weighted by Crippen LogP contribution is -2.41. The molecule has 25 heavy (non-hydrogen) atoms. The number of likely N-dealkylation sites (tertiary alicyclic amines) is 1. The van der Waals surface area contributed by atoms with Gasteiger partial charge in [0.2, 0.25) is 5.95 Å². The average Bonchev–Trinajstić information content (AvgIpc) is 2.63. The van der Waals surface area contributed by atoms with Crippen molar-refractivity contribution in [2.75, 3.05) is 32.1 Å². The van der Waals surface area contributed by atoms with E-state index < -0.39 is 6.43 Å². The summed E-state index contributed by atoms with van der Waals surface area (Å²) < 4.78 is 30.0. The molecule has 0 spiro atoms. The summed E-state index contributed by atoms with van der Waals surface area (Å²) in [5, 5.41) is 3.33. The molecule has 2 heterocycles. The molecule has 0 saturated carbocycles. The second-order valence-corrected chi connectivity index (χ2v) is 6.10. The molecule has 7 heteroatoms. The third-order valence-electron chi connectivity index (χ3n) is 4.36. The second kappa shape index (κ2) is 8.20. The molecule has 1 aliphatic heterocycles. The van der Waals surface area contributed by atoms with E-state index in [1.807, 2.05) is 30.3 Å². The molecule has 0 amide bonds. The summed E-state index contributed by atoms with van der Waals surface area (Å²) in [5.41, 5.74) is 1.81. The van der Waals surface area contributed by atoms with Crippen molar-refractivity contribution in [1.82, 2.24) is 14.9 Å². The van der Waals surface area contributed by atoms with Gasteiger partial charge >= 0.3 is 0 Å². The van der Waals surface area contributed by atoms with Crippen LogP contribution in [-0.4, -0.2) is 54.1 Å². The molecule has 5 nitrogen and oxygen atoms in total. The minimum absolute atomic E-state index is 0.143. The molecule has 1 fully saturated rings. The van der Waals surface area contributed by atoms with E-state index in [1.165, 1.54) is 0 Å². The zero-order valence-corrected chi connectivity index (χ0v) is 14.2. The number of methoxy groups -OCH3 is 1. The van der Waals surface area contributed by atoms with Gasteiger partial charge in [0.1, 0.15) is 5.75 Å². The number of halogens is 2. The lowest BCUT2D eigenvalue weighted by Gasteiger charge is -2.32. The molecule has 1 aromatic carbocycles. The van der Waals surface area contributed by atoms with Crippen LogP contribution >= 0.6 is 0 Å². The van der Waals surface area contributed by atoms with Gasteiger partial charge in [-0.3, -0.25) is 4.90 Å². The average molecular weight is 348 g/mol. The fourth-order valence-corrected chi connectivity index (χ4v) is 2.99. The van der Waals surface area contributed by atoms with E-state index in [4.69, 9.17) is 4.74 Å². The van der Waals surface area contributed by atoms with Gasteiger partial charge in [-0.15, -0.1) is 0 Å². The van der Waals surface area contributed by atoms with E-state index in [1.54, 1.807) is 18.2 Å². The normalized spacial score (nSPS) is 16.2. The first kappa shape index (κ1) is 17.5. The molecule has 134 valence electrons. The van der Waals surface area contributed by atoms with E-state index in [-0.39, 0.29) is 12.6 Å². The number of rotatable bonds is 6. The third kappa shape index (κ3) is 4.85. The molecule has 0 aliphatic carbocycles. The highest BCUT2D eigenvalue weighted by molar-refractivity contribution is 5.61. The Morgan fingerprint density at radius 2 is 1.92 bits per heavy atom. The number of alkyl halides is 2. The second-order valence-electron chi connectivity index (χ2n) is 6.10. The van der Waals surface area contributed by atoms with Crippen LogP contribution in [0.15, 0.2) is 36.5 Å². The number of hydrogen-bond acceptors (Lipinski definition) is 5. The Morgan fingerprint density at radius 1 is 1.20 bits per heavy atom. The molecule has 0 atom stereocenters. The Labute approximate surface area is 146 Å². The number of benzene rings is 1. The maximum Gasteiger partial charge on any atom is 0.251 e. The summed E-state index contributed by atoms with van der Waals surface area (Å²) >= 11 is 0. The van der Waals surface area contributed by atoms with Gasteiger partial charge in [-0.2, -0.15) is 0 Å². The van der Waals surface area contributed by atoms with Crippen LogP contribution in [0.1, 0.15) is 12.8 Å². The fourth-order valence-electron chi connectivity index (χ4n) is 2.99. The number of nitrogens with zero attached hydrogens (tertiary/aromatic N) is 3. The lowest BCUT2D eigenvalue weighted by molar-refractivity contribution is 0.0769. The number of ether oxygens (including phenoxy) is 1. The highest BCUT2D eigenvalue weighted by Crippen LogP contribution is 2.22. The van der Waals surface area contributed by atoms with Gasteiger partial charge in [-0.1, -0.05) is 0 Å². The summed E-state index contributed by atoms with van der Waals surface area (Å²) in [5.74, 6) is 1.37. The van der Waals surface area contributed by atoms with Gasteiger partial charge in [-0.05, 0) is 43.2 Å². The Morgan fingerprint density at radius 3 is 2.56 bits per heavy atom. The summed E-state index contributed by atoms with van der Waals surface area (Å²) in [6.45, 7) is 1.19. The Balaban J connectivity index is 1.60. The van der Waals surface area contributed by atoms with Gasteiger partial charge < -0.3 is 10.1 Å². The van der Waals surface area contributed by atoms with Crippen LogP contribution in [0.3, 0.4) is 0 Å². The monoisotopic (exact) mass is 348 g/mol. The number of hydrogen-bond donors (Lipinski definition) is 1. The van der Waals surface area contributed by atoms with Gasteiger partial charge in [-0.25, -0.2) is 18.7 Å². The summed E-state index contributed by atoms with van der Waals surface area (Å²) in [6, 6.07) is 9.76. The van der Waals surface area contributed by atoms with Crippen LogP contribution in [-0.2, 0) is 0 Å². The molecule has 1 aromatic heterocycles. The number of nitrogens with one attached hydrogen (secondary N) is 1. The zero-order valence-electron chi connectivity index (χ0n) is 14.2. The minimum Gasteiger partial charge on any atom is -0.497 e. The van der Waals surface area contributed by atoms with Crippen LogP contribution in [0.5, 0.6) is 5.75 Å². The van der Waals surface area contributed by atoms with Crippen LogP contribution < -0.4 is 10.1 Å². The lowest BCUT2D eigenvalue weighted by atomic mass is 10.1. The van der Waals surface area contributed by atoms with Crippen molar-refractivity contribution in [3.05, 3.63) is 36.5 Å². The van der Waals surface area contributed by atoms with Crippen molar-refractivity contribution in [3.8, 4) is 17.0 Å². The van der Waals surface area contributed by atoms with Crippen molar-refractivity contribution >= 4 is 5.95 Å². The predicted molar refractivity (Wildman–Crippen MR) is 93.1 cm³/mol. The van der Waals surface area contributed by atoms with Gasteiger partial charge in [0.05, 0.1) is 19.3 Å². The van der Waals surface area contributed by atoms with Crippen molar-refractivity contribution in [2.24, 2.45) is 0 Å². The zero-order chi connectivity index (χ0) is 17.6. The maximum absolute atomic E-state index is 12.4. The molecule has 0 bridgehead atoms. The molecule has 1 saturated heterocycles. The molecule has 3 rings (SSSR count). The molecular formula is C18H22F2N4O. The number of aromatic nitrogens is 2. The Hall–Kier alpha value is -2.28. The van der Waals surface area contributed by atoms with Gasteiger partial charge in [0.25, 0.3) is 6.43 Å². The van der Waals surface area contributed by atoms with Crippen molar-refractivity contribution in [1.29, 1.82) is 0 Å². The van der Waals surface area contributed by atoms with Gasteiger partial charge in [0, 0.05) is 30.9 Å². The van der Waals surface area contributed by atoms with Crippen molar-refractivity contribution in [2.45, 2.75) is 25.3 Å². The van der Waals surface area contributed by atoms with E-state index in [0.717, 1.165) is 29.8 Å². The first-order chi connectivity index (χ1) is 12.1. The van der Waals surface area contributed by atoms with E-state index in [0.29, 0.717) is 19.0 Å². The molecule has 0 radical (unpaired) electrons. The van der Waals surface area contributed by atoms with E-state index in [2.05, 4.69) is 15.3 Å². The van der Waals surface area contributed by atoms with Crippen LogP contribution in [0.4, 0.5) is 14.7 Å². The standard InChI is InChI=1S/C18H22F2N4O/c1-25-15-4-2-13(3-5-15)16-6-9-21-18(23-16)22-14-7-10-24(11-8-14)12-17(19)20/h2-6,9,14,17H,7-8,10-12H2,1H3,(H,21,22,23). The fraction of sp³-hybridized carbons (Fsp3) is 0.444.